The van der Waals surface area contributed by atoms with Crippen LogP contribution in [-0.2, 0) is 7.05 Å². The number of nitrogens with zero attached hydrogens (tertiary/aromatic N) is 3. The molecule has 0 spiro atoms. The summed E-state index contributed by atoms with van der Waals surface area (Å²) >= 11 is 0. The smallest absolute Gasteiger partial charge is 0.332 e. The zero-order valence-corrected chi connectivity index (χ0v) is 10.4. The third-order valence-electron chi connectivity index (χ3n) is 3.23. The normalized spacial score (nSPS) is 13.5. The molecule has 1 atom stereocenters. The molecular formula is C11H16N4O2. The Kier molecular flexibility index (Phi) is 2.65. The van der Waals surface area contributed by atoms with E-state index in [1.165, 1.54) is 13.4 Å². The van der Waals surface area contributed by atoms with Gasteiger partial charge in [-0.3, -0.25) is 13.9 Å². The molecule has 17 heavy (non-hydrogen) atoms. The topological polar surface area (TPSA) is 72.7 Å². The zero-order valence-electron chi connectivity index (χ0n) is 10.4. The van der Waals surface area contributed by atoms with Crippen LogP contribution in [0.1, 0.15) is 26.8 Å². The molecule has 1 unspecified atom stereocenters. The SMILES string of the molecule is CC(C)C(C)n1c(=O)n(C)c(=O)c2[nH]cnc21. The van der Waals surface area contributed by atoms with Gasteiger partial charge in [-0.1, -0.05) is 13.8 Å². The Hall–Kier alpha value is -1.85. The maximum Gasteiger partial charge on any atom is 0.332 e. The Morgan fingerprint density at radius 2 is 1.94 bits per heavy atom. The van der Waals surface area contributed by atoms with E-state index in [1.54, 1.807) is 4.57 Å². The fourth-order valence-corrected chi connectivity index (χ4v) is 1.80. The number of aromatic nitrogens is 4. The van der Waals surface area contributed by atoms with Crippen LogP contribution in [0.5, 0.6) is 0 Å². The van der Waals surface area contributed by atoms with Crippen molar-refractivity contribution in [1.29, 1.82) is 0 Å². The zero-order chi connectivity index (χ0) is 12.7. The van der Waals surface area contributed by atoms with E-state index in [-0.39, 0.29) is 23.2 Å². The van der Waals surface area contributed by atoms with Crippen molar-refractivity contribution in [3.05, 3.63) is 27.2 Å². The summed E-state index contributed by atoms with van der Waals surface area (Å²) in [5.41, 5.74) is 0.143. The first kappa shape index (κ1) is 11.6. The first-order chi connectivity index (χ1) is 7.95. The highest BCUT2D eigenvalue weighted by atomic mass is 16.2. The lowest BCUT2D eigenvalue weighted by molar-refractivity contribution is 0.394. The Labute approximate surface area is 97.9 Å². The molecule has 0 amide bonds. The monoisotopic (exact) mass is 236 g/mol. The maximum absolute atomic E-state index is 12.1. The molecule has 0 aliphatic rings. The summed E-state index contributed by atoms with van der Waals surface area (Å²) in [5.74, 6) is 0.283. The maximum atomic E-state index is 12.1. The summed E-state index contributed by atoms with van der Waals surface area (Å²) in [4.78, 5) is 30.8. The number of imidazole rings is 1. The summed E-state index contributed by atoms with van der Waals surface area (Å²) in [6.07, 6.45) is 1.44. The van der Waals surface area contributed by atoms with Crippen molar-refractivity contribution in [2.24, 2.45) is 13.0 Å². The molecule has 0 radical (unpaired) electrons. The van der Waals surface area contributed by atoms with E-state index in [1.807, 2.05) is 20.8 Å². The minimum atomic E-state index is -0.338. The van der Waals surface area contributed by atoms with Gasteiger partial charge in [-0.15, -0.1) is 0 Å². The van der Waals surface area contributed by atoms with E-state index in [4.69, 9.17) is 0 Å². The molecule has 2 heterocycles. The fraction of sp³-hybridized carbons (Fsp3) is 0.545. The van der Waals surface area contributed by atoms with Crippen molar-refractivity contribution in [3.8, 4) is 0 Å². The number of fused-ring (bicyclic) bond motifs is 1. The van der Waals surface area contributed by atoms with Gasteiger partial charge in [0, 0.05) is 13.1 Å². The van der Waals surface area contributed by atoms with E-state index < -0.39 is 0 Å². The van der Waals surface area contributed by atoms with E-state index in [2.05, 4.69) is 9.97 Å². The minimum absolute atomic E-state index is 0.0138. The van der Waals surface area contributed by atoms with E-state index in [0.29, 0.717) is 11.2 Å². The number of nitrogens with one attached hydrogen (secondary N) is 1. The molecule has 1 N–H and O–H groups in total. The van der Waals surface area contributed by atoms with Gasteiger partial charge in [-0.05, 0) is 12.8 Å². The van der Waals surface area contributed by atoms with Crippen LogP contribution in [0.15, 0.2) is 15.9 Å². The Morgan fingerprint density at radius 3 is 2.53 bits per heavy atom. The van der Waals surface area contributed by atoms with Crippen LogP contribution >= 0.6 is 0 Å². The molecule has 0 fully saturated rings. The van der Waals surface area contributed by atoms with Gasteiger partial charge >= 0.3 is 5.69 Å². The van der Waals surface area contributed by atoms with Crippen LogP contribution in [0.4, 0.5) is 0 Å². The second kappa shape index (κ2) is 3.87. The fourth-order valence-electron chi connectivity index (χ4n) is 1.80. The molecule has 0 aromatic carbocycles. The molecule has 2 aromatic rings. The molecule has 0 saturated heterocycles. The second-order valence-electron chi connectivity index (χ2n) is 4.60. The molecule has 92 valence electrons. The van der Waals surface area contributed by atoms with Crippen molar-refractivity contribution >= 4 is 11.2 Å². The highest BCUT2D eigenvalue weighted by Gasteiger charge is 2.19. The van der Waals surface area contributed by atoms with Gasteiger partial charge in [-0.25, -0.2) is 9.78 Å². The molecule has 6 nitrogen and oxygen atoms in total. The van der Waals surface area contributed by atoms with Crippen molar-refractivity contribution in [3.63, 3.8) is 0 Å². The number of aromatic amines is 1. The second-order valence-corrected chi connectivity index (χ2v) is 4.60. The number of rotatable bonds is 2. The Bertz CT molecular complexity index is 662. The van der Waals surface area contributed by atoms with Crippen molar-refractivity contribution in [2.45, 2.75) is 26.8 Å². The average molecular weight is 236 g/mol. The summed E-state index contributed by atoms with van der Waals surface area (Å²) in [7, 11) is 1.48. The van der Waals surface area contributed by atoms with E-state index >= 15 is 0 Å². The predicted octanol–water partition coefficient (Wildman–Crippen LogP) is 0.640. The molecule has 0 aliphatic carbocycles. The molecule has 0 saturated carbocycles. The van der Waals surface area contributed by atoms with E-state index in [0.717, 1.165) is 4.57 Å². The van der Waals surface area contributed by atoms with Gasteiger partial charge in [0.05, 0.1) is 6.33 Å². The molecule has 0 aliphatic heterocycles. The lowest BCUT2D eigenvalue weighted by Crippen LogP contribution is -2.40. The van der Waals surface area contributed by atoms with Crippen LogP contribution in [0.25, 0.3) is 11.2 Å². The molecule has 0 bridgehead atoms. The lowest BCUT2D eigenvalue weighted by atomic mass is 10.1. The molecule has 2 aromatic heterocycles. The van der Waals surface area contributed by atoms with Crippen molar-refractivity contribution in [1.82, 2.24) is 19.1 Å². The van der Waals surface area contributed by atoms with Crippen molar-refractivity contribution < 1.29 is 0 Å². The van der Waals surface area contributed by atoms with Gasteiger partial charge in [0.1, 0.15) is 5.52 Å². The highest BCUT2D eigenvalue weighted by Crippen LogP contribution is 2.17. The summed E-state index contributed by atoms with van der Waals surface area (Å²) in [6.45, 7) is 6.01. The Balaban J connectivity index is 2.92. The van der Waals surface area contributed by atoms with Gasteiger partial charge in [0.2, 0.25) is 0 Å². The van der Waals surface area contributed by atoms with Gasteiger partial charge in [-0.2, -0.15) is 0 Å². The number of H-pyrrole nitrogens is 1. The van der Waals surface area contributed by atoms with Gasteiger partial charge < -0.3 is 4.98 Å². The summed E-state index contributed by atoms with van der Waals surface area (Å²) in [5, 5.41) is 0. The summed E-state index contributed by atoms with van der Waals surface area (Å²) < 4.78 is 2.68. The number of hydrogen-bond acceptors (Lipinski definition) is 3. The molecule has 6 heteroatoms. The van der Waals surface area contributed by atoms with Gasteiger partial charge in [0.15, 0.2) is 5.65 Å². The average Bonchev–Trinajstić information content (AvgIpc) is 2.74. The first-order valence-electron chi connectivity index (χ1n) is 5.59. The van der Waals surface area contributed by atoms with Crippen molar-refractivity contribution in [2.75, 3.05) is 0 Å². The van der Waals surface area contributed by atoms with E-state index in [9.17, 15) is 9.59 Å². The predicted molar refractivity (Wildman–Crippen MR) is 65.1 cm³/mol. The molecule has 2 rings (SSSR count). The van der Waals surface area contributed by atoms with Crippen LogP contribution < -0.4 is 11.2 Å². The quantitative estimate of drug-likeness (QED) is 0.831. The Morgan fingerprint density at radius 1 is 1.29 bits per heavy atom. The third-order valence-corrected chi connectivity index (χ3v) is 3.23. The van der Waals surface area contributed by atoms with Crippen LogP contribution in [0, 0.1) is 5.92 Å². The van der Waals surface area contributed by atoms with Crippen LogP contribution in [-0.4, -0.2) is 19.1 Å². The minimum Gasteiger partial charge on any atom is -0.339 e. The van der Waals surface area contributed by atoms with Crippen LogP contribution in [0.3, 0.4) is 0 Å². The van der Waals surface area contributed by atoms with Gasteiger partial charge in [0.25, 0.3) is 5.56 Å². The lowest BCUT2D eigenvalue weighted by Gasteiger charge is -2.19. The number of hydrogen-bond donors (Lipinski definition) is 1. The molecular weight excluding hydrogens is 220 g/mol. The standard InChI is InChI=1S/C11H16N4O2/c1-6(2)7(3)15-9-8(12-5-13-9)10(16)14(4)11(15)17/h5-7H,1-4H3,(H,12,13). The highest BCUT2D eigenvalue weighted by molar-refractivity contribution is 5.68. The first-order valence-corrected chi connectivity index (χ1v) is 5.59. The third kappa shape index (κ3) is 1.60. The van der Waals surface area contributed by atoms with Crippen LogP contribution in [0.2, 0.25) is 0 Å². The largest absolute Gasteiger partial charge is 0.339 e. The summed E-state index contributed by atoms with van der Waals surface area (Å²) in [6, 6.07) is -0.0138.